The fourth-order valence-corrected chi connectivity index (χ4v) is 5.04. The summed E-state index contributed by atoms with van der Waals surface area (Å²) in [7, 11) is 0. The fraction of sp³-hybridized carbons (Fsp3) is 0.259. The maximum atomic E-state index is 13.5. The van der Waals surface area contributed by atoms with E-state index in [1.807, 2.05) is 37.3 Å². The molecule has 9 nitrogen and oxygen atoms in total. The van der Waals surface area contributed by atoms with E-state index in [0.717, 1.165) is 35.2 Å². The highest BCUT2D eigenvalue weighted by atomic mass is 32.1. The van der Waals surface area contributed by atoms with Crippen LogP contribution in [-0.4, -0.2) is 50.7 Å². The molecule has 4 heterocycles. The van der Waals surface area contributed by atoms with E-state index in [0.29, 0.717) is 35.0 Å². The molecule has 0 spiro atoms. The summed E-state index contributed by atoms with van der Waals surface area (Å²) >= 11 is 4.84. The molecule has 0 unspecified atom stereocenters. The van der Waals surface area contributed by atoms with E-state index in [1.165, 1.54) is 0 Å². The van der Waals surface area contributed by atoms with Crippen LogP contribution < -0.4 is 15.8 Å². The molecule has 37 heavy (non-hydrogen) atoms. The van der Waals surface area contributed by atoms with Crippen molar-refractivity contribution in [2.45, 2.75) is 24.8 Å². The first kappa shape index (κ1) is 23.5. The van der Waals surface area contributed by atoms with E-state index < -0.39 is 4.87 Å². The number of fused-ring (bicyclic) bond motifs is 2. The Balaban J connectivity index is 1.48. The standard InChI is InChI=1S/C27H27N7O2S/c1-16-15-34(12-13-36-16)17-8-9-20-21(14-17)31-24(30-20)22-23(18-6-3-4-7-19(18)32-25(22)35)33-27(2,37)26-28-10-5-11-29-26/h3-11,14,16,37H,12-13,15H2,1-2H3,(H,30,31)(H2,32,33,35)/t16-,27-/m0/s1. The van der Waals surface area contributed by atoms with Crippen LogP contribution >= 0.6 is 12.6 Å². The zero-order chi connectivity index (χ0) is 25.6. The molecule has 5 aromatic rings. The first-order valence-electron chi connectivity index (χ1n) is 12.2. The zero-order valence-electron chi connectivity index (χ0n) is 20.5. The molecule has 0 amide bonds. The van der Waals surface area contributed by atoms with Gasteiger partial charge >= 0.3 is 0 Å². The summed E-state index contributed by atoms with van der Waals surface area (Å²) in [6.07, 6.45) is 3.51. The van der Waals surface area contributed by atoms with E-state index in [9.17, 15) is 4.79 Å². The Hall–Kier alpha value is -3.89. The van der Waals surface area contributed by atoms with E-state index >= 15 is 0 Å². The van der Waals surface area contributed by atoms with Crippen molar-refractivity contribution in [2.75, 3.05) is 29.9 Å². The maximum absolute atomic E-state index is 13.5. The molecule has 3 aromatic heterocycles. The van der Waals surface area contributed by atoms with Crippen molar-refractivity contribution in [1.29, 1.82) is 0 Å². The SMILES string of the molecule is C[C@H]1CN(c2ccc3nc(-c4c(N[C@@](C)(S)c5ncccn5)c5ccccc5[nH]c4=O)[nH]c3c2)CCO1. The number of para-hydroxylation sites is 1. The van der Waals surface area contributed by atoms with Crippen LogP contribution in [0, 0.1) is 0 Å². The zero-order valence-corrected chi connectivity index (χ0v) is 21.4. The second-order valence-corrected chi connectivity index (χ2v) is 10.3. The van der Waals surface area contributed by atoms with Gasteiger partial charge in [0.2, 0.25) is 0 Å². The van der Waals surface area contributed by atoms with Gasteiger partial charge in [-0.3, -0.25) is 4.79 Å². The summed E-state index contributed by atoms with van der Waals surface area (Å²) < 4.78 is 5.69. The number of nitrogens with one attached hydrogen (secondary N) is 3. The van der Waals surface area contributed by atoms with Crippen LogP contribution in [0.15, 0.2) is 65.7 Å². The number of morpholine rings is 1. The van der Waals surface area contributed by atoms with Gasteiger partial charge in [0.1, 0.15) is 16.3 Å². The van der Waals surface area contributed by atoms with Crippen LogP contribution in [0.1, 0.15) is 19.7 Å². The molecular weight excluding hydrogens is 486 g/mol. The minimum absolute atomic E-state index is 0.177. The number of H-pyrrole nitrogens is 2. The molecule has 0 saturated carbocycles. The van der Waals surface area contributed by atoms with Crippen LogP contribution in [0.5, 0.6) is 0 Å². The molecule has 1 aliphatic rings. The summed E-state index contributed by atoms with van der Waals surface area (Å²) in [6.45, 7) is 6.29. The van der Waals surface area contributed by atoms with Crippen molar-refractivity contribution in [3.05, 3.63) is 77.1 Å². The number of pyridine rings is 1. The number of imidazole rings is 1. The first-order valence-corrected chi connectivity index (χ1v) is 12.6. The normalized spacial score (nSPS) is 17.7. The van der Waals surface area contributed by atoms with Crippen molar-refractivity contribution in [3.8, 4) is 11.4 Å². The fourth-order valence-electron chi connectivity index (χ4n) is 4.81. The lowest BCUT2D eigenvalue weighted by atomic mass is 10.1. The van der Waals surface area contributed by atoms with Gasteiger partial charge in [-0.25, -0.2) is 15.0 Å². The Bertz CT molecular complexity index is 1650. The molecule has 1 saturated heterocycles. The molecular formula is C27H27N7O2S. The Morgan fingerprint density at radius 1 is 1.11 bits per heavy atom. The minimum Gasteiger partial charge on any atom is -0.375 e. The second-order valence-electron chi connectivity index (χ2n) is 9.43. The third-order valence-electron chi connectivity index (χ3n) is 6.60. The predicted octanol–water partition coefficient (Wildman–Crippen LogP) is 4.30. The van der Waals surface area contributed by atoms with Gasteiger partial charge in [0.15, 0.2) is 5.82 Å². The Morgan fingerprint density at radius 2 is 1.92 bits per heavy atom. The number of hydrogen-bond acceptors (Lipinski definition) is 8. The van der Waals surface area contributed by atoms with Crippen LogP contribution in [0.2, 0.25) is 0 Å². The molecule has 0 bridgehead atoms. The molecule has 2 atom stereocenters. The van der Waals surface area contributed by atoms with Crippen molar-refractivity contribution >= 4 is 45.9 Å². The number of ether oxygens (including phenoxy) is 1. The smallest absolute Gasteiger partial charge is 0.261 e. The molecule has 1 fully saturated rings. The third-order valence-corrected chi connectivity index (χ3v) is 6.91. The van der Waals surface area contributed by atoms with Crippen molar-refractivity contribution in [1.82, 2.24) is 24.9 Å². The molecule has 0 aliphatic carbocycles. The van der Waals surface area contributed by atoms with Crippen LogP contribution in [-0.2, 0) is 9.61 Å². The summed E-state index contributed by atoms with van der Waals surface area (Å²) in [5, 5.41) is 4.27. The minimum atomic E-state index is -0.960. The summed E-state index contributed by atoms with van der Waals surface area (Å²) in [5.41, 5.74) is 4.16. The highest BCUT2D eigenvalue weighted by Crippen LogP contribution is 2.36. The topological polar surface area (TPSA) is 112 Å². The Morgan fingerprint density at radius 3 is 2.73 bits per heavy atom. The van der Waals surface area contributed by atoms with Gasteiger partial charge < -0.3 is 24.9 Å². The maximum Gasteiger partial charge on any atom is 0.261 e. The first-order chi connectivity index (χ1) is 17.9. The van der Waals surface area contributed by atoms with Gasteiger partial charge in [0.05, 0.1) is 34.9 Å². The number of nitrogens with zero attached hydrogens (tertiary/aromatic N) is 4. The van der Waals surface area contributed by atoms with Crippen molar-refractivity contribution in [3.63, 3.8) is 0 Å². The largest absolute Gasteiger partial charge is 0.375 e. The quantitative estimate of drug-likeness (QED) is 0.205. The lowest BCUT2D eigenvalue weighted by Crippen LogP contribution is -2.41. The Kier molecular flexibility index (Phi) is 5.85. The number of aromatic nitrogens is 5. The third kappa shape index (κ3) is 4.42. The monoisotopic (exact) mass is 513 g/mol. The number of benzene rings is 2. The van der Waals surface area contributed by atoms with Crippen molar-refractivity contribution < 1.29 is 4.74 Å². The van der Waals surface area contributed by atoms with Crippen molar-refractivity contribution in [2.24, 2.45) is 0 Å². The van der Waals surface area contributed by atoms with E-state index in [2.05, 4.69) is 49.2 Å². The van der Waals surface area contributed by atoms with Crippen LogP contribution in [0.3, 0.4) is 0 Å². The average molecular weight is 514 g/mol. The summed E-state index contributed by atoms with van der Waals surface area (Å²) in [4.78, 5) is 34.7. The van der Waals surface area contributed by atoms with Crippen LogP contribution in [0.25, 0.3) is 33.3 Å². The lowest BCUT2D eigenvalue weighted by molar-refractivity contribution is 0.0532. The molecule has 0 radical (unpaired) electrons. The average Bonchev–Trinajstić information content (AvgIpc) is 3.32. The van der Waals surface area contributed by atoms with E-state index in [4.69, 9.17) is 22.3 Å². The molecule has 1 aliphatic heterocycles. The Labute approximate surface area is 218 Å². The van der Waals surface area contributed by atoms with Gasteiger partial charge in [-0.1, -0.05) is 18.2 Å². The number of hydrogen-bond donors (Lipinski definition) is 4. The number of anilines is 2. The highest BCUT2D eigenvalue weighted by Gasteiger charge is 2.29. The molecule has 6 rings (SSSR count). The molecule has 2 aromatic carbocycles. The van der Waals surface area contributed by atoms with E-state index in [1.54, 1.807) is 18.5 Å². The number of aromatic amines is 2. The van der Waals surface area contributed by atoms with Gasteiger partial charge in [-0.15, -0.1) is 12.6 Å². The number of rotatable bonds is 5. The predicted molar refractivity (Wildman–Crippen MR) is 149 cm³/mol. The summed E-state index contributed by atoms with van der Waals surface area (Å²) in [6, 6.07) is 15.5. The highest BCUT2D eigenvalue weighted by molar-refractivity contribution is 7.81. The van der Waals surface area contributed by atoms with Gasteiger partial charge in [-0.2, -0.15) is 0 Å². The molecule has 3 N–H and O–H groups in total. The summed E-state index contributed by atoms with van der Waals surface area (Å²) in [5.74, 6) is 0.956. The molecule has 188 valence electrons. The van der Waals surface area contributed by atoms with Gasteiger partial charge in [0, 0.05) is 36.6 Å². The van der Waals surface area contributed by atoms with Gasteiger partial charge in [0.25, 0.3) is 5.56 Å². The van der Waals surface area contributed by atoms with Gasteiger partial charge in [-0.05, 0) is 44.2 Å². The second kappa shape index (κ2) is 9.20. The number of thiol groups is 1. The van der Waals surface area contributed by atoms with E-state index in [-0.39, 0.29) is 11.7 Å². The lowest BCUT2D eigenvalue weighted by Gasteiger charge is -2.32. The van der Waals surface area contributed by atoms with Crippen LogP contribution in [0.4, 0.5) is 11.4 Å². The molecule has 10 heteroatoms.